The summed E-state index contributed by atoms with van der Waals surface area (Å²) in [6, 6.07) is 7.91. The van der Waals surface area contributed by atoms with Gasteiger partial charge < -0.3 is 14.6 Å². The van der Waals surface area contributed by atoms with Crippen LogP contribution in [-0.2, 0) is 11.2 Å². The van der Waals surface area contributed by atoms with Gasteiger partial charge in [0.15, 0.2) is 0 Å². The van der Waals surface area contributed by atoms with Crippen LogP contribution in [0.1, 0.15) is 24.8 Å². The monoisotopic (exact) mass is 238 g/mol. The Hall–Kier alpha value is -1.06. The summed E-state index contributed by atoms with van der Waals surface area (Å²) in [5.41, 5.74) is 1.14. The fourth-order valence-corrected chi connectivity index (χ4v) is 1.60. The van der Waals surface area contributed by atoms with Crippen molar-refractivity contribution in [2.24, 2.45) is 0 Å². The zero-order chi connectivity index (χ0) is 12.3. The molecule has 0 bridgehead atoms. The highest BCUT2D eigenvalue weighted by molar-refractivity contribution is 5.27. The van der Waals surface area contributed by atoms with Crippen molar-refractivity contribution >= 4 is 0 Å². The fraction of sp³-hybridized carbons (Fsp3) is 0.571. The summed E-state index contributed by atoms with van der Waals surface area (Å²) >= 11 is 0. The molecule has 1 aromatic rings. The molecule has 0 radical (unpaired) electrons. The molecule has 0 atom stereocenters. The van der Waals surface area contributed by atoms with Gasteiger partial charge in [-0.1, -0.05) is 12.1 Å². The molecule has 0 spiro atoms. The van der Waals surface area contributed by atoms with E-state index in [1.807, 2.05) is 24.3 Å². The van der Waals surface area contributed by atoms with Crippen molar-refractivity contribution in [1.29, 1.82) is 0 Å². The van der Waals surface area contributed by atoms with E-state index in [-0.39, 0.29) is 6.61 Å². The van der Waals surface area contributed by atoms with E-state index in [1.165, 1.54) is 0 Å². The molecule has 0 aliphatic heterocycles. The van der Waals surface area contributed by atoms with Gasteiger partial charge in [-0.15, -0.1) is 0 Å². The van der Waals surface area contributed by atoms with Crippen molar-refractivity contribution in [2.75, 3.05) is 26.9 Å². The summed E-state index contributed by atoms with van der Waals surface area (Å²) in [6.45, 7) is 1.78. The molecule has 0 unspecified atom stereocenters. The molecule has 0 heterocycles. The van der Waals surface area contributed by atoms with Crippen LogP contribution in [0.15, 0.2) is 24.3 Å². The lowest BCUT2D eigenvalue weighted by Crippen LogP contribution is -1.99. The van der Waals surface area contributed by atoms with Crippen molar-refractivity contribution in [2.45, 2.75) is 25.7 Å². The molecule has 0 saturated heterocycles. The van der Waals surface area contributed by atoms with Crippen LogP contribution in [0.3, 0.4) is 0 Å². The highest BCUT2D eigenvalue weighted by Gasteiger charge is 1.95. The van der Waals surface area contributed by atoms with Crippen LogP contribution < -0.4 is 4.74 Å². The van der Waals surface area contributed by atoms with Gasteiger partial charge in [0, 0.05) is 20.3 Å². The van der Waals surface area contributed by atoms with Gasteiger partial charge in [-0.05, 0) is 43.4 Å². The minimum atomic E-state index is 0.194. The van der Waals surface area contributed by atoms with Gasteiger partial charge in [-0.2, -0.15) is 0 Å². The number of hydrogen-bond acceptors (Lipinski definition) is 3. The largest absolute Gasteiger partial charge is 0.494 e. The van der Waals surface area contributed by atoms with Gasteiger partial charge in [0.25, 0.3) is 0 Å². The molecule has 96 valence electrons. The maximum absolute atomic E-state index is 8.79. The minimum absolute atomic E-state index is 0.194. The van der Waals surface area contributed by atoms with Gasteiger partial charge in [0.2, 0.25) is 0 Å². The van der Waals surface area contributed by atoms with E-state index in [4.69, 9.17) is 14.6 Å². The number of methoxy groups -OCH3 is 1. The van der Waals surface area contributed by atoms with Gasteiger partial charge >= 0.3 is 0 Å². The molecule has 1 N–H and O–H groups in total. The third-order valence-corrected chi connectivity index (χ3v) is 2.59. The molecule has 1 aromatic carbocycles. The topological polar surface area (TPSA) is 38.7 Å². The van der Waals surface area contributed by atoms with E-state index in [1.54, 1.807) is 7.11 Å². The third-order valence-electron chi connectivity index (χ3n) is 2.59. The highest BCUT2D eigenvalue weighted by atomic mass is 16.5. The number of benzene rings is 1. The molecular formula is C14H22O3. The summed E-state index contributed by atoms with van der Waals surface area (Å²) in [5, 5.41) is 8.79. The lowest BCUT2D eigenvalue weighted by Gasteiger charge is -2.06. The average molecular weight is 238 g/mol. The van der Waals surface area contributed by atoms with Crippen LogP contribution in [0, 0.1) is 0 Å². The Morgan fingerprint density at radius 1 is 1.00 bits per heavy atom. The summed E-state index contributed by atoms with van der Waals surface area (Å²) in [5.74, 6) is 0.901. The molecule has 0 aliphatic carbocycles. The first kappa shape index (κ1) is 14.0. The highest BCUT2D eigenvalue weighted by Crippen LogP contribution is 2.13. The zero-order valence-electron chi connectivity index (χ0n) is 10.5. The maximum atomic E-state index is 8.79. The molecule has 0 fully saturated rings. The van der Waals surface area contributed by atoms with Crippen molar-refractivity contribution in [3.05, 3.63) is 29.8 Å². The number of aliphatic hydroxyl groups is 1. The molecule has 0 amide bonds. The molecule has 17 heavy (non-hydrogen) atoms. The number of rotatable bonds is 9. The first-order chi connectivity index (χ1) is 8.36. The van der Waals surface area contributed by atoms with E-state index in [9.17, 15) is 0 Å². The first-order valence-corrected chi connectivity index (χ1v) is 6.18. The molecule has 0 saturated carbocycles. The van der Waals surface area contributed by atoms with E-state index < -0.39 is 0 Å². The van der Waals surface area contributed by atoms with Gasteiger partial charge in [-0.3, -0.25) is 0 Å². The number of aliphatic hydroxyl groups excluding tert-OH is 1. The second-order valence-electron chi connectivity index (χ2n) is 4.02. The standard InChI is InChI=1S/C14H22O3/c1-16-11-3-2-4-12-17-14-7-5-13(6-8-14)9-10-15/h5-8,15H,2-4,9-12H2,1H3. The average Bonchev–Trinajstić information content (AvgIpc) is 2.36. The molecule has 3 heteroatoms. The normalized spacial score (nSPS) is 10.5. The second-order valence-corrected chi connectivity index (χ2v) is 4.02. The Balaban J connectivity index is 2.14. The minimum Gasteiger partial charge on any atom is -0.494 e. The number of hydrogen-bond donors (Lipinski definition) is 1. The van der Waals surface area contributed by atoms with E-state index in [0.29, 0.717) is 6.42 Å². The summed E-state index contributed by atoms with van der Waals surface area (Å²) < 4.78 is 10.6. The Bertz CT molecular complexity index is 282. The predicted octanol–water partition coefficient (Wildman–Crippen LogP) is 2.42. The lowest BCUT2D eigenvalue weighted by molar-refractivity contribution is 0.189. The van der Waals surface area contributed by atoms with Gasteiger partial charge in [0.05, 0.1) is 6.61 Å². The van der Waals surface area contributed by atoms with E-state index >= 15 is 0 Å². The quantitative estimate of drug-likeness (QED) is 0.671. The van der Waals surface area contributed by atoms with Crippen LogP contribution in [-0.4, -0.2) is 32.0 Å². The first-order valence-electron chi connectivity index (χ1n) is 6.18. The predicted molar refractivity (Wildman–Crippen MR) is 68.5 cm³/mol. The summed E-state index contributed by atoms with van der Waals surface area (Å²) in [6.07, 6.45) is 3.99. The van der Waals surface area contributed by atoms with Crippen molar-refractivity contribution in [3.63, 3.8) is 0 Å². The summed E-state index contributed by atoms with van der Waals surface area (Å²) in [7, 11) is 1.73. The van der Waals surface area contributed by atoms with Crippen LogP contribution in [0.2, 0.25) is 0 Å². The van der Waals surface area contributed by atoms with Crippen LogP contribution in [0.4, 0.5) is 0 Å². The third kappa shape index (κ3) is 6.29. The Kier molecular flexibility index (Phi) is 7.43. The second kappa shape index (κ2) is 9.02. The molecular weight excluding hydrogens is 216 g/mol. The molecule has 1 rings (SSSR count). The van der Waals surface area contributed by atoms with E-state index in [0.717, 1.165) is 43.8 Å². The number of ether oxygens (including phenoxy) is 2. The SMILES string of the molecule is COCCCCCOc1ccc(CCO)cc1. The smallest absolute Gasteiger partial charge is 0.119 e. The molecule has 3 nitrogen and oxygen atoms in total. The Morgan fingerprint density at radius 2 is 1.71 bits per heavy atom. The Morgan fingerprint density at radius 3 is 2.35 bits per heavy atom. The summed E-state index contributed by atoms with van der Waals surface area (Å²) in [4.78, 5) is 0. The van der Waals surface area contributed by atoms with Crippen LogP contribution >= 0.6 is 0 Å². The van der Waals surface area contributed by atoms with Crippen LogP contribution in [0.25, 0.3) is 0 Å². The van der Waals surface area contributed by atoms with Crippen molar-refractivity contribution < 1.29 is 14.6 Å². The van der Waals surface area contributed by atoms with Crippen molar-refractivity contribution in [1.82, 2.24) is 0 Å². The maximum Gasteiger partial charge on any atom is 0.119 e. The molecule has 0 aromatic heterocycles. The Labute approximate surface area is 103 Å². The molecule has 0 aliphatic rings. The number of unbranched alkanes of at least 4 members (excludes halogenated alkanes) is 2. The van der Waals surface area contributed by atoms with Crippen molar-refractivity contribution in [3.8, 4) is 5.75 Å². The fourth-order valence-electron chi connectivity index (χ4n) is 1.60. The van der Waals surface area contributed by atoms with Crippen LogP contribution in [0.5, 0.6) is 5.75 Å². The zero-order valence-corrected chi connectivity index (χ0v) is 10.5. The van der Waals surface area contributed by atoms with Gasteiger partial charge in [0.1, 0.15) is 5.75 Å². The van der Waals surface area contributed by atoms with E-state index in [2.05, 4.69) is 0 Å². The lowest BCUT2D eigenvalue weighted by atomic mass is 10.1. The van der Waals surface area contributed by atoms with Gasteiger partial charge in [-0.25, -0.2) is 0 Å².